The lowest BCUT2D eigenvalue weighted by molar-refractivity contribution is 0.0864. The van der Waals surface area contributed by atoms with Crippen LogP contribution in [0.15, 0.2) is 66.1 Å². The number of allylic oxidation sites excluding steroid dienone is 1. The molecule has 2 aromatic rings. The summed E-state index contributed by atoms with van der Waals surface area (Å²) in [5.74, 6) is 1.65. The summed E-state index contributed by atoms with van der Waals surface area (Å²) < 4.78 is 23.1. The van der Waals surface area contributed by atoms with Crippen LogP contribution < -0.4 is 9.47 Å². The molecule has 2 aliphatic heterocycles. The number of likely N-dealkylation sites (N-methyl/N-ethyl adjacent to an activating group) is 1. The van der Waals surface area contributed by atoms with E-state index >= 15 is 0 Å². The number of fused-ring (bicyclic) bond motifs is 1. The van der Waals surface area contributed by atoms with E-state index in [1.54, 1.807) is 47.3 Å². The average Bonchev–Trinajstić information content (AvgIpc) is 3.09. The Balaban J connectivity index is 1.41. The third-order valence-corrected chi connectivity index (χ3v) is 4.78. The van der Waals surface area contributed by atoms with E-state index in [4.69, 9.17) is 9.47 Å². The maximum atomic E-state index is 12.8. The number of benzene rings is 1. The SMILES string of the molecule is C=C1C=CC(N2Cc3cc(OCc4ccc(OCCF)cn4)ccc3C2=O)=NN1C. The van der Waals surface area contributed by atoms with Crippen molar-refractivity contribution in [1.29, 1.82) is 0 Å². The van der Waals surface area contributed by atoms with E-state index in [-0.39, 0.29) is 19.1 Å². The lowest BCUT2D eigenvalue weighted by Crippen LogP contribution is -2.33. The summed E-state index contributed by atoms with van der Waals surface area (Å²) in [7, 11) is 1.79. The molecule has 0 N–H and O–H groups in total. The number of amidine groups is 1. The molecule has 0 atom stereocenters. The fourth-order valence-electron chi connectivity index (χ4n) is 3.14. The van der Waals surface area contributed by atoms with Crippen molar-refractivity contribution in [2.45, 2.75) is 13.2 Å². The van der Waals surface area contributed by atoms with Gasteiger partial charge in [0.1, 0.15) is 31.4 Å². The molecule has 0 bridgehead atoms. The second kappa shape index (κ2) is 8.36. The topological polar surface area (TPSA) is 67.3 Å². The molecule has 4 rings (SSSR count). The van der Waals surface area contributed by atoms with Gasteiger partial charge in [0.15, 0.2) is 5.84 Å². The molecule has 0 saturated heterocycles. The standard InChI is InChI=1S/C22H21FN4O3/c1-15-3-8-21(25-26(15)2)27-13-16-11-18(6-7-20(16)22(27)28)30-14-17-4-5-19(12-24-17)29-10-9-23/h3-8,11-12H,1,9-10,13-14H2,2H3. The second-order valence-corrected chi connectivity index (χ2v) is 6.83. The van der Waals surface area contributed by atoms with Crippen molar-refractivity contribution in [2.75, 3.05) is 20.3 Å². The smallest absolute Gasteiger partial charge is 0.260 e. The molecule has 154 valence electrons. The number of rotatable bonds is 6. The molecule has 0 fully saturated rings. The van der Waals surface area contributed by atoms with Crippen LogP contribution in [0.1, 0.15) is 21.6 Å². The molecular formula is C22H21FN4O3. The van der Waals surface area contributed by atoms with E-state index in [9.17, 15) is 9.18 Å². The Bertz CT molecular complexity index is 1030. The molecule has 0 radical (unpaired) electrons. The molecule has 0 spiro atoms. The van der Waals surface area contributed by atoms with Crippen molar-refractivity contribution >= 4 is 11.7 Å². The zero-order valence-electron chi connectivity index (χ0n) is 16.5. The highest BCUT2D eigenvalue weighted by atomic mass is 19.1. The largest absolute Gasteiger partial charge is 0.489 e. The number of nitrogens with zero attached hydrogens (tertiary/aromatic N) is 4. The number of amides is 1. The van der Waals surface area contributed by atoms with Crippen LogP contribution in [0, 0.1) is 0 Å². The van der Waals surface area contributed by atoms with Crippen LogP contribution in [0.2, 0.25) is 0 Å². The Morgan fingerprint density at radius 2 is 2.00 bits per heavy atom. The Morgan fingerprint density at radius 1 is 1.17 bits per heavy atom. The van der Waals surface area contributed by atoms with E-state index in [2.05, 4.69) is 16.7 Å². The predicted molar refractivity (Wildman–Crippen MR) is 110 cm³/mol. The lowest BCUT2D eigenvalue weighted by Gasteiger charge is -2.23. The summed E-state index contributed by atoms with van der Waals surface area (Å²) in [6.07, 6.45) is 5.15. The number of carbonyl (C=O) groups is 1. The van der Waals surface area contributed by atoms with Gasteiger partial charge >= 0.3 is 0 Å². The minimum atomic E-state index is -0.543. The van der Waals surface area contributed by atoms with Gasteiger partial charge in [0, 0.05) is 12.6 Å². The van der Waals surface area contributed by atoms with Crippen LogP contribution in [0.4, 0.5) is 4.39 Å². The van der Waals surface area contributed by atoms with Crippen molar-refractivity contribution in [3.8, 4) is 11.5 Å². The first-order valence-electron chi connectivity index (χ1n) is 9.46. The molecule has 0 saturated carbocycles. The Labute approximate surface area is 173 Å². The molecule has 1 aromatic carbocycles. The van der Waals surface area contributed by atoms with Crippen LogP contribution >= 0.6 is 0 Å². The molecule has 30 heavy (non-hydrogen) atoms. The van der Waals surface area contributed by atoms with Gasteiger partial charge in [-0.3, -0.25) is 19.7 Å². The van der Waals surface area contributed by atoms with Gasteiger partial charge in [0.2, 0.25) is 0 Å². The van der Waals surface area contributed by atoms with Crippen molar-refractivity contribution in [2.24, 2.45) is 5.10 Å². The van der Waals surface area contributed by atoms with Gasteiger partial charge < -0.3 is 9.47 Å². The van der Waals surface area contributed by atoms with Crippen molar-refractivity contribution in [1.82, 2.24) is 14.9 Å². The number of alkyl halides is 1. The summed E-state index contributed by atoms with van der Waals surface area (Å²) in [6.45, 7) is 4.03. The molecule has 0 aliphatic carbocycles. The first kappa shape index (κ1) is 19.6. The Morgan fingerprint density at radius 3 is 2.73 bits per heavy atom. The number of halogens is 1. The normalized spacial score (nSPS) is 15.3. The van der Waals surface area contributed by atoms with Crippen LogP contribution in [-0.2, 0) is 13.2 Å². The molecule has 1 amide bonds. The van der Waals surface area contributed by atoms with E-state index in [1.165, 1.54) is 6.20 Å². The summed E-state index contributed by atoms with van der Waals surface area (Å²) >= 11 is 0. The third-order valence-electron chi connectivity index (χ3n) is 4.78. The summed E-state index contributed by atoms with van der Waals surface area (Å²) in [5.41, 5.74) is 2.99. The molecule has 0 unspecified atom stereocenters. The molecule has 3 heterocycles. The Hall–Kier alpha value is -3.68. The van der Waals surface area contributed by atoms with E-state index in [0.29, 0.717) is 35.1 Å². The van der Waals surface area contributed by atoms with Gasteiger partial charge in [-0.2, -0.15) is 5.10 Å². The zero-order valence-corrected chi connectivity index (χ0v) is 16.5. The minimum absolute atomic E-state index is 0.00957. The van der Waals surface area contributed by atoms with Crippen molar-refractivity contribution < 1.29 is 18.7 Å². The number of aromatic nitrogens is 1. The maximum Gasteiger partial charge on any atom is 0.260 e. The fraction of sp³-hybridized carbons (Fsp3) is 0.227. The zero-order chi connectivity index (χ0) is 21.1. The highest BCUT2D eigenvalue weighted by molar-refractivity contribution is 6.13. The minimum Gasteiger partial charge on any atom is -0.489 e. The second-order valence-electron chi connectivity index (χ2n) is 6.83. The molecule has 1 aromatic heterocycles. The van der Waals surface area contributed by atoms with Crippen molar-refractivity contribution in [3.05, 3.63) is 77.8 Å². The number of carbonyl (C=O) groups excluding carboxylic acids is 1. The fourth-order valence-corrected chi connectivity index (χ4v) is 3.14. The van der Waals surface area contributed by atoms with Crippen molar-refractivity contribution in [3.63, 3.8) is 0 Å². The summed E-state index contributed by atoms with van der Waals surface area (Å²) in [6, 6.07) is 8.89. The van der Waals surface area contributed by atoms with Gasteiger partial charge in [-0.25, -0.2) is 4.39 Å². The first-order chi connectivity index (χ1) is 14.5. The number of pyridine rings is 1. The third kappa shape index (κ3) is 4.03. The van der Waals surface area contributed by atoms with Crippen LogP contribution in [0.3, 0.4) is 0 Å². The Kier molecular flexibility index (Phi) is 5.47. The van der Waals surface area contributed by atoms with Crippen LogP contribution in [0.25, 0.3) is 0 Å². The van der Waals surface area contributed by atoms with E-state index < -0.39 is 6.67 Å². The van der Waals surface area contributed by atoms with E-state index in [1.807, 2.05) is 12.1 Å². The van der Waals surface area contributed by atoms with Crippen LogP contribution in [0.5, 0.6) is 11.5 Å². The average molecular weight is 408 g/mol. The van der Waals surface area contributed by atoms with Gasteiger partial charge in [0.05, 0.1) is 24.1 Å². The predicted octanol–water partition coefficient (Wildman–Crippen LogP) is 3.29. The summed E-state index contributed by atoms with van der Waals surface area (Å²) in [5, 5.41) is 6.04. The number of hydrazone groups is 1. The van der Waals surface area contributed by atoms with Gasteiger partial charge in [0.25, 0.3) is 5.91 Å². The number of ether oxygens (including phenoxy) is 2. The number of hydrogen-bond acceptors (Lipinski definition) is 6. The monoisotopic (exact) mass is 408 g/mol. The quantitative estimate of drug-likeness (QED) is 0.734. The van der Waals surface area contributed by atoms with Gasteiger partial charge in [-0.1, -0.05) is 6.58 Å². The first-order valence-corrected chi connectivity index (χ1v) is 9.46. The molecule has 7 nitrogen and oxygen atoms in total. The maximum absolute atomic E-state index is 12.8. The van der Waals surface area contributed by atoms with Crippen LogP contribution in [-0.4, -0.2) is 47.0 Å². The molecule has 2 aliphatic rings. The molecular weight excluding hydrogens is 387 g/mol. The van der Waals surface area contributed by atoms with E-state index in [0.717, 1.165) is 11.3 Å². The highest BCUT2D eigenvalue weighted by Gasteiger charge is 2.31. The number of hydrogen-bond donors (Lipinski definition) is 0. The highest BCUT2D eigenvalue weighted by Crippen LogP contribution is 2.28. The molecule has 8 heteroatoms. The lowest BCUT2D eigenvalue weighted by atomic mass is 10.1. The van der Waals surface area contributed by atoms with Gasteiger partial charge in [-0.15, -0.1) is 0 Å². The van der Waals surface area contributed by atoms with Gasteiger partial charge in [-0.05, 0) is 48.0 Å². The summed E-state index contributed by atoms with van der Waals surface area (Å²) in [4.78, 5) is 18.6.